The predicted molar refractivity (Wildman–Crippen MR) is 110 cm³/mol. The maximum atomic E-state index is 12.4. The molecule has 0 aliphatic carbocycles. The topological polar surface area (TPSA) is 71.8 Å². The van der Waals surface area contributed by atoms with Gasteiger partial charge in [-0.05, 0) is 84.9 Å². The molecule has 0 radical (unpaired) electrons. The summed E-state index contributed by atoms with van der Waals surface area (Å²) < 4.78 is 11.8. The minimum absolute atomic E-state index is 0.0691. The van der Waals surface area contributed by atoms with Crippen molar-refractivity contribution in [3.05, 3.63) is 52.4 Å². The molecule has 1 aliphatic heterocycles. The van der Waals surface area contributed by atoms with Crippen LogP contribution in [0.5, 0.6) is 5.75 Å². The maximum Gasteiger partial charge on any atom is 0.289 e. The standard InChI is InChI=1S/C21H25BrN2O4/c1-14(2)23-20(25)16-3-5-17(6-4-16)27-13-15-9-11-24(12-10-15)21(26)18-7-8-19(22)28-18/h3-8,14-15H,9-13H2,1-2H3,(H,23,25). The molecule has 1 aromatic carbocycles. The van der Waals surface area contributed by atoms with Crippen LogP contribution in [0, 0.1) is 5.92 Å². The third-order valence-corrected chi connectivity index (χ3v) is 5.13. The Morgan fingerprint density at radius 3 is 2.43 bits per heavy atom. The van der Waals surface area contributed by atoms with Crippen molar-refractivity contribution in [2.24, 2.45) is 5.92 Å². The van der Waals surface area contributed by atoms with Gasteiger partial charge in [0.25, 0.3) is 11.8 Å². The van der Waals surface area contributed by atoms with Crippen LogP contribution in [0.4, 0.5) is 0 Å². The molecule has 28 heavy (non-hydrogen) atoms. The van der Waals surface area contributed by atoms with Gasteiger partial charge in [0, 0.05) is 24.7 Å². The Kier molecular flexibility index (Phi) is 6.78. The number of piperidine rings is 1. The Balaban J connectivity index is 1.44. The van der Waals surface area contributed by atoms with Gasteiger partial charge in [0.15, 0.2) is 10.4 Å². The molecule has 2 aromatic rings. The Labute approximate surface area is 173 Å². The molecular formula is C21H25BrN2O4. The van der Waals surface area contributed by atoms with E-state index in [1.807, 2.05) is 30.9 Å². The molecule has 0 saturated carbocycles. The van der Waals surface area contributed by atoms with Crippen molar-refractivity contribution in [2.75, 3.05) is 19.7 Å². The lowest BCUT2D eigenvalue weighted by Crippen LogP contribution is -2.39. The van der Waals surface area contributed by atoms with Crippen LogP contribution in [0.1, 0.15) is 47.6 Å². The fraction of sp³-hybridized carbons (Fsp3) is 0.429. The summed E-state index contributed by atoms with van der Waals surface area (Å²) in [5.41, 5.74) is 0.623. The van der Waals surface area contributed by atoms with E-state index in [1.165, 1.54) is 0 Å². The number of likely N-dealkylation sites (tertiary alicyclic amines) is 1. The number of halogens is 1. The van der Waals surface area contributed by atoms with Crippen LogP contribution < -0.4 is 10.1 Å². The Morgan fingerprint density at radius 2 is 1.86 bits per heavy atom. The van der Waals surface area contributed by atoms with Crippen molar-refractivity contribution in [2.45, 2.75) is 32.7 Å². The van der Waals surface area contributed by atoms with E-state index in [2.05, 4.69) is 21.2 Å². The van der Waals surface area contributed by atoms with Crippen LogP contribution in [0.25, 0.3) is 0 Å². The maximum absolute atomic E-state index is 12.4. The fourth-order valence-corrected chi connectivity index (χ4v) is 3.46. The third kappa shape index (κ3) is 5.38. The molecule has 1 saturated heterocycles. The second-order valence-corrected chi connectivity index (χ2v) is 8.08. The van der Waals surface area contributed by atoms with E-state index in [0.29, 0.717) is 41.6 Å². The number of amides is 2. The quantitative estimate of drug-likeness (QED) is 0.721. The predicted octanol–water partition coefficient (Wildman–Crippen LogP) is 4.11. The summed E-state index contributed by atoms with van der Waals surface area (Å²) >= 11 is 3.22. The normalized spacial score (nSPS) is 14.9. The molecule has 1 aliphatic rings. The highest BCUT2D eigenvalue weighted by molar-refractivity contribution is 9.10. The first-order valence-electron chi connectivity index (χ1n) is 9.50. The van der Waals surface area contributed by atoms with E-state index >= 15 is 0 Å². The first-order valence-corrected chi connectivity index (χ1v) is 10.3. The van der Waals surface area contributed by atoms with Gasteiger partial charge in [-0.25, -0.2) is 0 Å². The van der Waals surface area contributed by atoms with Crippen molar-refractivity contribution in [1.82, 2.24) is 10.2 Å². The van der Waals surface area contributed by atoms with Gasteiger partial charge in [-0.15, -0.1) is 0 Å². The lowest BCUT2D eigenvalue weighted by atomic mass is 9.97. The zero-order valence-electron chi connectivity index (χ0n) is 16.1. The Morgan fingerprint density at radius 1 is 1.18 bits per heavy atom. The van der Waals surface area contributed by atoms with E-state index < -0.39 is 0 Å². The van der Waals surface area contributed by atoms with Crippen molar-refractivity contribution < 1.29 is 18.7 Å². The molecule has 1 fully saturated rings. The number of rotatable bonds is 6. The largest absolute Gasteiger partial charge is 0.493 e. The first-order chi connectivity index (χ1) is 13.4. The summed E-state index contributed by atoms with van der Waals surface area (Å²) in [5.74, 6) is 1.36. The molecule has 2 amide bonds. The minimum Gasteiger partial charge on any atom is -0.493 e. The molecule has 3 rings (SSSR count). The number of carbonyl (C=O) groups is 2. The lowest BCUT2D eigenvalue weighted by molar-refractivity contribution is 0.0628. The van der Waals surface area contributed by atoms with Gasteiger partial charge in [-0.2, -0.15) is 0 Å². The van der Waals surface area contributed by atoms with E-state index in [0.717, 1.165) is 18.6 Å². The molecular weight excluding hydrogens is 424 g/mol. The minimum atomic E-state index is -0.0813. The molecule has 7 heteroatoms. The van der Waals surface area contributed by atoms with E-state index in [4.69, 9.17) is 9.15 Å². The van der Waals surface area contributed by atoms with E-state index in [1.54, 1.807) is 24.3 Å². The van der Waals surface area contributed by atoms with Gasteiger partial charge in [0.2, 0.25) is 0 Å². The molecule has 0 bridgehead atoms. The van der Waals surface area contributed by atoms with E-state index in [-0.39, 0.29) is 17.9 Å². The van der Waals surface area contributed by atoms with Crippen LogP contribution in [-0.4, -0.2) is 42.5 Å². The molecule has 2 heterocycles. The fourth-order valence-electron chi connectivity index (χ4n) is 3.15. The van der Waals surface area contributed by atoms with Crippen LogP contribution in [0.2, 0.25) is 0 Å². The smallest absolute Gasteiger partial charge is 0.289 e. The zero-order chi connectivity index (χ0) is 20.1. The molecule has 0 unspecified atom stereocenters. The van der Waals surface area contributed by atoms with Crippen molar-refractivity contribution in [1.29, 1.82) is 0 Å². The third-order valence-electron chi connectivity index (χ3n) is 4.71. The van der Waals surface area contributed by atoms with Gasteiger partial charge in [0.1, 0.15) is 5.75 Å². The summed E-state index contributed by atoms with van der Waals surface area (Å²) in [4.78, 5) is 26.2. The highest BCUT2D eigenvalue weighted by atomic mass is 79.9. The van der Waals surface area contributed by atoms with Crippen LogP contribution in [-0.2, 0) is 0 Å². The second-order valence-electron chi connectivity index (χ2n) is 7.30. The monoisotopic (exact) mass is 448 g/mol. The number of furan rings is 1. The zero-order valence-corrected chi connectivity index (χ0v) is 17.7. The van der Waals surface area contributed by atoms with Gasteiger partial charge in [-0.1, -0.05) is 0 Å². The van der Waals surface area contributed by atoms with Crippen molar-refractivity contribution >= 4 is 27.7 Å². The second kappa shape index (κ2) is 9.28. The number of nitrogens with zero attached hydrogens (tertiary/aromatic N) is 1. The summed E-state index contributed by atoms with van der Waals surface area (Å²) in [6, 6.07) is 10.7. The number of carbonyl (C=O) groups excluding carboxylic acids is 2. The number of nitrogens with one attached hydrogen (secondary N) is 1. The Hall–Kier alpha value is -2.28. The van der Waals surface area contributed by atoms with Gasteiger partial charge < -0.3 is 19.4 Å². The summed E-state index contributed by atoms with van der Waals surface area (Å²) in [6.45, 7) is 5.86. The average molecular weight is 449 g/mol. The highest BCUT2D eigenvalue weighted by Crippen LogP contribution is 2.22. The number of ether oxygens (including phenoxy) is 1. The molecule has 0 atom stereocenters. The molecule has 1 aromatic heterocycles. The molecule has 0 spiro atoms. The first kappa shape index (κ1) is 20.5. The Bertz CT molecular complexity index is 808. The van der Waals surface area contributed by atoms with Crippen LogP contribution >= 0.6 is 15.9 Å². The van der Waals surface area contributed by atoms with E-state index in [9.17, 15) is 9.59 Å². The number of hydrogen-bond donors (Lipinski definition) is 1. The van der Waals surface area contributed by atoms with Crippen LogP contribution in [0.3, 0.4) is 0 Å². The van der Waals surface area contributed by atoms with Gasteiger partial charge in [-0.3, -0.25) is 9.59 Å². The molecule has 1 N–H and O–H groups in total. The summed E-state index contributed by atoms with van der Waals surface area (Å²) in [5, 5.41) is 2.87. The number of benzene rings is 1. The lowest BCUT2D eigenvalue weighted by Gasteiger charge is -2.31. The molecule has 6 nitrogen and oxygen atoms in total. The van der Waals surface area contributed by atoms with Gasteiger partial charge in [0.05, 0.1) is 6.61 Å². The van der Waals surface area contributed by atoms with Crippen LogP contribution in [0.15, 0.2) is 45.5 Å². The average Bonchev–Trinajstić information content (AvgIpc) is 3.12. The highest BCUT2D eigenvalue weighted by Gasteiger charge is 2.25. The SMILES string of the molecule is CC(C)NC(=O)c1ccc(OCC2CCN(C(=O)c3ccc(Br)o3)CC2)cc1. The number of hydrogen-bond acceptors (Lipinski definition) is 4. The van der Waals surface area contributed by atoms with Crippen molar-refractivity contribution in [3.8, 4) is 5.75 Å². The summed E-state index contributed by atoms with van der Waals surface area (Å²) in [7, 11) is 0. The molecule has 150 valence electrons. The van der Waals surface area contributed by atoms with Crippen molar-refractivity contribution in [3.63, 3.8) is 0 Å². The summed E-state index contributed by atoms with van der Waals surface area (Å²) in [6.07, 6.45) is 1.78. The van der Waals surface area contributed by atoms with Gasteiger partial charge >= 0.3 is 0 Å².